The van der Waals surface area contributed by atoms with Gasteiger partial charge in [-0.3, -0.25) is 14.7 Å². The number of nitrogens with zero attached hydrogens (tertiary/aromatic N) is 4. The van der Waals surface area contributed by atoms with Crippen molar-refractivity contribution in [3.63, 3.8) is 0 Å². The molecule has 2 aromatic rings. The highest BCUT2D eigenvalue weighted by Gasteiger charge is 2.25. The fourth-order valence-corrected chi connectivity index (χ4v) is 2.26. The molecule has 0 aliphatic heterocycles. The van der Waals surface area contributed by atoms with E-state index in [1.54, 1.807) is 0 Å². The van der Waals surface area contributed by atoms with Crippen molar-refractivity contribution >= 4 is 15.7 Å². The van der Waals surface area contributed by atoms with Gasteiger partial charge in [-0.1, -0.05) is 0 Å². The lowest BCUT2D eigenvalue weighted by atomic mass is 10.1. The van der Waals surface area contributed by atoms with Crippen LogP contribution in [0.1, 0.15) is 0 Å². The minimum Gasteiger partial charge on any atom is -0.300 e. The Kier molecular flexibility index (Phi) is 3.23. The number of aromatic nitrogens is 3. The van der Waals surface area contributed by atoms with E-state index in [0.717, 1.165) is 16.7 Å². The van der Waals surface area contributed by atoms with E-state index in [9.17, 15) is 22.9 Å². The topological polar surface area (TPSA) is 134 Å². The molecule has 1 aromatic heterocycles. The lowest BCUT2D eigenvalue weighted by Gasteiger charge is -2.03. The van der Waals surface area contributed by atoms with Crippen LogP contribution in [-0.2, 0) is 17.1 Å². The number of hydrogen-bond donors (Lipinski definition) is 1. The van der Waals surface area contributed by atoms with E-state index in [1.807, 2.05) is 0 Å². The van der Waals surface area contributed by atoms with Crippen LogP contribution in [0.15, 0.2) is 23.4 Å². The maximum atomic E-state index is 13.1. The zero-order chi connectivity index (χ0) is 15.1. The highest BCUT2D eigenvalue weighted by atomic mass is 32.2. The Morgan fingerprint density at radius 2 is 2.05 bits per heavy atom. The SMILES string of the molecule is Cn1c(-c2ccc(F)cc2[N+](=O)[O-])nnc1S(N)(=O)=O. The first kappa shape index (κ1) is 14.0. The van der Waals surface area contributed by atoms with Crippen LogP contribution in [-0.4, -0.2) is 28.1 Å². The summed E-state index contributed by atoms with van der Waals surface area (Å²) in [6.45, 7) is 0. The predicted molar refractivity (Wildman–Crippen MR) is 64.4 cm³/mol. The van der Waals surface area contributed by atoms with E-state index in [1.165, 1.54) is 7.05 Å². The average Bonchev–Trinajstić information content (AvgIpc) is 2.70. The van der Waals surface area contributed by atoms with Gasteiger partial charge in [0.1, 0.15) is 5.82 Å². The standard InChI is InChI=1S/C9H8FN5O4S/c1-14-8(12-13-9(14)20(11,18)19)6-3-2-5(10)4-7(6)15(16)17/h2-4H,1H3,(H2,11,18,19). The lowest BCUT2D eigenvalue weighted by Crippen LogP contribution is -2.17. The van der Waals surface area contributed by atoms with Gasteiger partial charge in [-0.15, -0.1) is 10.2 Å². The molecule has 0 unspecified atom stereocenters. The lowest BCUT2D eigenvalue weighted by molar-refractivity contribution is -0.384. The van der Waals surface area contributed by atoms with E-state index >= 15 is 0 Å². The van der Waals surface area contributed by atoms with Crippen molar-refractivity contribution < 1.29 is 17.7 Å². The second-order valence-corrected chi connectivity index (χ2v) is 5.28. The Balaban J connectivity index is 2.70. The number of benzene rings is 1. The molecule has 0 saturated carbocycles. The molecule has 1 aromatic carbocycles. The van der Waals surface area contributed by atoms with Gasteiger partial charge in [0.25, 0.3) is 20.9 Å². The summed E-state index contributed by atoms with van der Waals surface area (Å²) in [5, 5.41) is 22.2. The van der Waals surface area contributed by atoms with E-state index in [0.29, 0.717) is 6.07 Å². The Bertz CT molecular complexity index is 801. The Labute approximate surface area is 112 Å². The first-order chi connectivity index (χ1) is 9.21. The first-order valence-corrected chi connectivity index (χ1v) is 6.63. The number of nitro benzene ring substituents is 1. The van der Waals surface area contributed by atoms with Crippen LogP contribution in [0.2, 0.25) is 0 Å². The number of nitro groups is 1. The molecule has 2 rings (SSSR count). The Hall–Kier alpha value is -2.40. The molecular formula is C9H8FN5O4S. The Morgan fingerprint density at radius 3 is 2.55 bits per heavy atom. The van der Waals surface area contributed by atoms with Gasteiger partial charge < -0.3 is 0 Å². The largest absolute Gasteiger partial charge is 0.300 e. The molecule has 0 fully saturated rings. The quantitative estimate of drug-likeness (QED) is 0.634. The van der Waals surface area contributed by atoms with Gasteiger partial charge in [-0.2, -0.15) is 0 Å². The van der Waals surface area contributed by atoms with Crippen LogP contribution >= 0.6 is 0 Å². The van der Waals surface area contributed by atoms with Crippen LogP contribution in [0.4, 0.5) is 10.1 Å². The van der Waals surface area contributed by atoms with Crippen LogP contribution < -0.4 is 5.14 Å². The molecule has 0 aliphatic rings. The monoisotopic (exact) mass is 301 g/mol. The molecule has 1 heterocycles. The summed E-state index contributed by atoms with van der Waals surface area (Å²) < 4.78 is 36.5. The summed E-state index contributed by atoms with van der Waals surface area (Å²) in [4.78, 5) is 10.1. The molecular weight excluding hydrogens is 293 g/mol. The highest BCUT2D eigenvalue weighted by molar-refractivity contribution is 7.89. The van der Waals surface area contributed by atoms with E-state index in [4.69, 9.17) is 5.14 Å². The third kappa shape index (κ3) is 2.35. The molecule has 0 aliphatic carbocycles. The first-order valence-electron chi connectivity index (χ1n) is 5.08. The molecule has 0 radical (unpaired) electrons. The molecule has 0 atom stereocenters. The second kappa shape index (κ2) is 4.61. The molecule has 0 spiro atoms. The van der Waals surface area contributed by atoms with E-state index < -0.39 is 31.6 Å². The summed E-state index contributed by atoms with van der Waals surface area (Å²) in [6.07, 6.45) is 0. The minimum absolute atomic E-state index is 0.0682. The van der Waals surface area contributed by atoms with Crippen LogP contribution in [0.25, 0.3) is 11.4 Å². The number of halogens is 1. The number of primary sulfonamides is 1. The van der Waals surface area contributed by atoms with Crippen molar-refractivity contribution in [2.75, 3.05) is 0 Å². The van der Waals surface area contributed by atoms with Gasteiger partial charge in [-0.25, -0.2) is 17.9 Å². The van der Waals surface area contributed by atoms with E-state index in [2.05, 4.69) is 10.2 Å². The fourth-order valence-electron chi connectivity index (χ4n) is 1.64. The average molecular weight is 301 g/mol. The molecule has 20 heavy (non-hydrogen) atoms. The third-order valence-electron chi connectivity index (χ3n) is 2.49. The van der Waals surface area contributed by atoms with Gasteiger partial charge in [0.05, 0.1) is 16.6 Å². The van der Waals surface area contributed by atoms with Crippen LogP contribution in [0, 0.1) is 15.9 Å². The second-order valence-electron chi connectivity index (χ2n) is 3.83. The van der Waals surface area contributed by atoms with Crippen LogP contribution in [0.3, 0.4) is 0 Å². The van der Waals surface area contributed by atoms with Gasteiger partial charge in [-0.05, 0) is 12.1 Å². The van der Waals surface area contributed by atoms with E-state index in [-0.39, 0.29) is 11.4 Å². The smallest absolute Gasteiger partial charge is 0.283 e. The molecule has 0 saturated heterocycles. The zero-order valence-electron chi connectivity index (χ0n) is 10.0. The minimum atomic E-state index is -4.12. The maximum absolute atomic E-state index is 13.1. The van der Waals surface area contributed by atoms with Crippen LogP contribution in [0.5, 0.6) is 0 Å². The molecule has 0 bridgehead atoms. The number of sulfonamides is 1. The van der Waals surface area contributed by atoms with Crippen molar-refractivity contribution in [1.29, 1.82) is 0 Å². The van der Waals surface area contributed by atoms with Crippen molar-refractivity contribution in [2.24, 2.45) is 12.2 Å². The normalized spacial score (nSPS) is 11.6. The third-order valence-corrected chi connectivity index (χ3v) is 3.35. The summed E-state index contributed by atoms with van der Waals surface area (Å²) in [5.74, 6) is -0.907. The number of nitrogens with two attached hydrogens (primary N) is 1. The predicted octanol–water partition coefficient (Wildman–Crippen LogP) is 0.177. The maximum Gasteiger partial charge on any atom is 0.283 e. The van der Waals surface area contributed by atoms with Crippen molar-refractivity contribution in [1.82, 2.24) is 14.8 Å². The molecule has 9 nitrogen and oxygen atoms in total. The van der Waals surface area contributed by atoms with Gasteiger partial charge in [0.15, 0.2) is 5.82 Å². The fraction of sp³-hybridized carbons (Fsp3) is 0.111. The highest BCUT2D eigenvalue weighted by Crippen LogP contribution is 2.29. The number of rotatable bonds is 3. The summed E-state index contributed by atoms with van der Waals surface area (Å²) >= 11 is 0. The summed E-state index contributed by atoms with van der Waals surface area (Å²) in [5.41, 5.74) is -0.622. The van der Waals surface area contributed by atoms with Crippen molar-refractivity contribution in [3.8, 4) is 11.4 Å². The number of hydrogen-bond acceptors (Lipinski definition) is 6. The molecule has 11 heteroatoms. The zero-order valence-corrected chi connectivity index (χ0v) is 10.8. The van der Waals surface area contributed by atoms with Gasteiger partial charge >= 0.3 is 0 Å². The van der Waals surface area contributed by atoms with Crippen molar-refractivity contribution in [3.05, 3.63) is 34.1 Å². The van der Waals surface area contributed by atoms with Crippen molar-refractivity contribution in [2.45, 2.75) is 5.16 Å². The Morgan fingerprint density at radius 1 is 1.40 bits per heavy atom. The van der Waals surface area contributed by atoms with Gasteiger partial charge in [0.2, 0.25) is 0 Å². The molecule has 0 amide bonds. The van der Waals surface area contributed by atoms with Gasteiger partial charge in [0, 0.05) is 7.05 Å². The molecule has 106 valence electrons. The summed E-state index contributed by atoms with van der Waals surface area (Å²) in [6, 6.07) is 2.82. The molecule has 2 N–H and O–H groups in total. The summed E-state index contributed by atoms with van der Waals surface area (Å²) in [7, 11) is -2.84.